The molecule has 22 heavy (non-hydrogen) atoms. The minimum Gasteiger partial charge on any atom is -0.345 e. The highest BCUT2D eigenvalue weighted by atomic mass is 32.1. The Morgan fingerprint density at radius 1 is 1.59 bits per heavy atom. The summed E-state index contributed by atoms with van der Waals surface area (Å²) in [4.78, 5) is 14.4. The van der Waals surface area contributed by atoms with Gasteiger partial charge in [-0.05, 0) is 37.7 Å². The van der Waals surface area contributed by atoms with E-state index in [1.807, 2.05) is 17.8 Å². The van der Waals surface area contributed by atoms with Crippen molar-refractivity contribution in [2.75, 3.05) is 6.54 Å². The maximum atomic E-state index is 12.6. The van der Waals surface area contributed by atoms with E-state index >= 15 is 0 Å². The average molecular weight is 320 g/mol. The van der Waals surface area contributed by atoms with Gasteiger partial charge in [0, 0.05) is 19.0 Å². The molecule has 1 unspecified atom stereocenters. The van der Waals surface area contributed by atoms with Gasteiger partial charge in [0.25, 0.3) is 5.91 Å². The highest BCUT2D eigenvalue weighted by molar-refractivity contribution is 7.20. The molecule has 0 aromatic carbocycles. The summed E-state index contributed by atoms with van der Waals surface area (Å²) >= 11 is 1.50. The van der Waals surface area contributed by atoms with Crippen molar-refractivity contribution in [2.45, 2.75) is 45.1 Å². The molecule has 1 fully saturated rings. The number of hydrogen-bond donors (Lipinski definition) is 2. The van der Waals surface area contributed by atoms with Crippen LogP contribution in [-0.2, 0) is 7.05 Å². The number of aromatic nitrogens is 2. The smallest absolute Gasteiger partial charge is 0.261 e. The van der Waals surface area contributed by atoms with Crippen molar-refractivity contribution < 1.29 is 4.79 Å². The predicted octanol–water partition coefficient (Wildman–Crippen LogP) is 2.62. The summed E-state index contributed by atoms with van der Waals surface area (Å²) in [7, 11) is 1.93. The van der Waals surface area contributed by atoms with E-state index in [1.165, 1.54) is 11.3 Å². The molecule has 1 aliphatic carbocycles. The number of carbonyl (C=O) groups excluding carboxylic acids is 1. The summed E-state index contributed by atoms with van der Waals surface area (Å²) in [5.41, 5.74) is 6.66. The minimum atomic E-state index is -0.285. The third kappa shape index (κ3) is 2.54. The molecule has 120 valence electrons. The van der Waals surface area contributed by atoms with Crippen LogP contribution in [-0.4, -0.2) is 27.8 Å². The lowest BCUT2D eigenvalue weighted by molar-refractivity contribution is 0.0902. The second kappa shape index (κ2) is 5.35. The fraction of sp³-hybridized carbons (Fsp3) is 0.625. The molecule has 2 aromatic heterocycles. The highest BCUT2D eigenvalue weighted by Gasteiger charge is 2.41. The molecule has 1 aliphatic rings. The number of nitrogens with two attached hydrogens (primary N) is 1. The summed E-state index contributed by atoms with van der Waals surface area (Å²) < 4.78 is 1.87. The molecule has 0 spiro atoms. The molecule has 0 aliphatic heterocycles. The Bertz CT molecular complexity index is 713. The van der Waals surface area contributed by atoms with Gasteiger partial charge in [0.15, 0.2) is 0 Å². The lowest BCUT2D eigenvalue weighted by Gasteiger charge is -2.29. The number of nitrogens with one attached hydrogen (secondary N) is 1. The van der Waals surface area contributed by atoms with Gasteiger partial charge >= 0.3 is 0 Å². The molecular weight excluding hydrogens is 296 g/mol. The van der Waals surface area contributed by atoms with Crippen molar-refractivity contribution in [2.24, 2.45) is 18.7 Å². The maximum absolute atomic E-state index is 12.6. The first-order valence-electron chi connectivity index (χ1n) is 7.84. The Labute approximate surface area is 134 Å². The molecule has 1 atom stereocenters. The van der Waals surface area contributed by atoms with Crippen LogP contribution in [0.1, 0.15) is 54.9 Å². The number of hydrogen-bond acceptors (Lipinski definition) is 4. The maximum Gasteiger partial charge on any atom is 0.261 e. The predicted molar refractivity (Wildman–Crippen MR) is 90.3 cm³/mol. The Balaban J connectivity index is 1.90. The third-order valence-electron chi connectivity index (χ3n) is 4.61. The first kappa shape index (κ1) is 15.5. The first-order valence-corrected chi connectivity index (χ1v) is 8.66. The number of aryl methyl sites for hydroxylation is 1. The molecule has 2 heterocycles. The van der Waals surface area contributed by atoms with Crippen LogP contribution in [0.25, 0.3) is 10.2 Å². The van der Waals surface area contributed by atoms with Crippen LogP contribution in [0.3, 0.4) is 0 Å². The second-order valence-electron chi connectivity index (χ2n) is 6.84. The summed E-state index contributed by atoms with van der Waals surface area (Å²) in [5.74, 6) is 0.842. The molecule has 3 N–H and O–H groups in total. The average Bonchev–Trinajstić information content (AvgIpc) is 3.16. The fourth-order valence-corrected chi connectivity index (χ4v) is 3.94. The molecule has 5 nitrogen and oxygen atoms in total. The van der Waals surface area contributed by atoms with Gasteiger partial charge in [-0.1, -0.05) is 13.8 Å². The van der Waals surface area contributed by atoms with Crippen LogP contribution in [0.15, 0.2) is 6.07 Å². The van der Waals surface area contributed by atoms with Crippen LogP contribution in [0.5, 0.6) is 0 Å². The van der Waals surface area contributed by atoms with Crippen molar-refractivity contribution in [3.8, 4) is 0 Å². The summed E-state index contributed by atoms with van der Waals surface area (Å²) in [6.07, 6.45) is 2.31. The van der Waals surface area contributed by atoms with Crippen LogP contribution >= 0.6 is 11.3 Å². The van der Waals surface area contributed by atoms with E-state index in [0.717, 1.165) is 33.6 Å². The van der Waals surface area contributed by atoms with Crippen molar-refractivity contribution in [1.29, 1.82) is 0 Å². The lowest BCUT2D eigenvalue weighted by atomic mass is 9.96. The van der Waals surface area contributed by atoms with E-state index in [-0.39, 0.29) is 11.4 Å². The largest absolute Gasteiger partial charge is 0.345 e. The monoisotopic (exact) mass is 320 g/mol. The van der Waals surface area contributed by atoms with Crippen molar-refractivity contribution >= 4 is 27.5 Å². The zero-order valence-corrected chi connectivity index (χ0v) is 14.5. The number of nitrogens with zero attached hydrogens (tertiary/aromatic N) is 2. The molecule has 0 radical (unpaired) electrons. The van der Waals surface area contributed by atoms with Crippen LogP contribution in [0.2, 0.25) is 0 Å². The van der Waals surface area contributed by atoms with Gasteiger partial charge in [-0.2, -0.15) is 5.10 Å². The second-order valence-corrected chi connectivity index (χ2v) is 7.87. The molecule has 1 amide bonds. The summed E-state index contributed by atoms with van der Waals surface area (Å²) in [6, 6.07) is 1.97. The van der Waals surface area contributed by atoms with Crippen molar-refractivity contribution in [1.82, 2.24) is 15.1 Å². The van der Waals surface area contributed by atoms with E-state index in [9.17, 15) is 4.79 Å². The number of carbonyl (C=O) groups is 1. The topological polar surface area (TPSA) is 72.9 Å². The van der Waals surface area contributed by atoms with Crippen LogP contribution < -0.4 is 11.1 Å². The van der Waals surface area contributed by atoms with Gasteiger partial charge in [-0.15, -0.1) is 11.3 Å². The van der Waals surface area contributed by atoms with Crippen molar-refractivity contribution in [3.05, 3.63) is 16.6 Å². The number of fused-ring (bicyclic) bond motifs is 1. The highest BCUT2D eigenvalue weighted by Crippen LogP contribution is 2.39. The van der Waals surface area contributed by atoms with Crippen LogP contribution in [0, 0.1) is 5.92 Å². The Hall–Kier alpha value is -1.40. The summed E-state index contributed by atoms with van der Waals surface area (Å²) in [5, 5.41) is 8.80. The van der Waals surface area contributed by atoms with Gasteiger partial charge < -0.3 is 11.1 Å². The molecule has 1 saturated carbocycles. The SMILES string of the molecule is CC(C)c1nn(C)c2sc(C(=O)NC(C)(CN)C3CC3)cc12. The van der Waals surface area contributed by atoms with E-state index in [0.29, 0.717) is 18.4 Å². The number of thiophene rings is 1. The van der Waals surface area contributed by atoms with Crippen LogP contribution in [0.4, 0.5) is 0 Å². The normalized spacial score (nSPS) is 17.9. The molecule has 0 bridgehead atoms. The Morgan fingerprint density at radius 3 is 2.82 bits per heavy atom. The Morgan fingerprint density at radius 2 is 2.27 bits per heavy atom. The molecule has 0 saturated heterocycles. The van der Waals surface area contributed by atoms with E-state index < -0.39 is 0 Å². The summed E-state index contributed by atoms with van der Waals surface area (Å²) in [6.45, 7) is 6.78. The van der Waals surface area contributed by atoms with Gasteiger partial charge in [-0.25, -0.2) is 0 Å². The van der Waals surface area contributed by atoms with Gasteiger partial charge in [-0.3, -0.25) is 9.48 Å². The molecule has 3 rings (SSSR count). The van der Waals surface area contributed by atoms with E-state index in [4.69, 9.17) is 5.73 Å². The standard InChI is InChI=1S/C16H24N4OS/c1-9(2)13-11-7-12(22-15(11)20(4)19-13)14(21)18-16(3,8-17)10-5-6-10/h7,9-10H,5-6,8,17H2,1-4H3,(H,18,21). The van der Waals surface area contributed by atoms with E-state index in [2.05, 4.69) is 31.2 Å². The third-order valence-corrected chi connectivity index (χ3v) is 5.81. The van der Waals surface area contributed by atoms with Gasteiger partial charge in [0.2, 0.25) is 0 Å². The first-order chi connectivity index (χ1) is 10.4. The minimum absolute atomic E-state index is 0.0178. The Kier molecular flexibility index (Phi) is 3.77. The zero-order valence-electron chi connectivity index (χ0n) is 13.6. The van der Waals surface area contributed by atoms with Gasteiger partial charge in [0.05, 0.1) is 16.1 Å². The van der Waals surface area contributed by atoms with Crippen molar-refractivity contribution in [3.63, 3.8) is 0 Å². The zero-order chi connectivity index (χ0) is 16.1. The lowest BCUT2D eigenvalue weighted by Crippen LogP contribution is -2.53. The number of amides is 1. The molecule has 6 heteroatoms. The molecular formula is C16H24N4OS. The van der Waals surface area contributed by atoms with Gasteiger partial charge in [0.1, 0.15) is 4.83 Å². The fourth-order valence-electron chi connectivity index (χ4n) is 2.97. The quantitative estimate of drug-likeness (QED) is 0.889. The van der Waals surface area contributed by atoms with E-state index in [1.54, 1.807) is 0 Å². The molecule has 2 aromatic rings. The number of rotatable bonds is 5.